The molecule has 0 atom stereocenters. The van der Waals surface area contributed by atoms with Gasteiger partial charge in [-0.3, -0.25) is 4.98 Å². The summed E-state index contributed by atoms with van der Waals surface area (Å²) in [5.74, 6) is 1.37. The highest BCUT2D eigenvalue weighted by Gasteiger charge is 2.22. The molecule has 0 saturated heterocycles. The first kappa shape index (κ1) is 11.1. The highest BCUT2D eigenvalue weighted by Crippen LogP contribution is 2.32. The van der Waals surface area contributed by atoms with Crippen LogP contribution in [0.15, 0.2) is 18.5 Å². The molecule has 0 unspecified atom stereocenters. The Morgan fingerprint density at radius 2 is 2.06 bits per heavy atom. The summed E-state index contributed by atoms with van der Waals surface area (Å²) in [7, 11) is 0. The molecule has 0 bridgehead atoms. The first-order chi connectivity index (χ1) is 8.86. The molecule has 0 aromatic carbocycles. The molecule has 2 aromatic rings. The van der Waals surface area contributed by atoms with E-state index in [0.717, 1.165) is 24.4 Å². The standard InChI is InChI=1S/C12H16N6/c13-10-8-14-7-6-11(10)18-12(15-16-17-18)9-4-2-1-3-5-9/h6-9H,1-5,13H2. The van der Waals surface area contributed by atoms with Crippen LogP contribution in [0.5, 0.6) is 0 Å². The van der Waals surface area contributed by atoms with Gasteiger partial charge in [-0.05, 0) is 29.3 Å². The molecular formula is C12H16N6. The number of rotatable bonds is 2. The zero-order chi connectivity index (χ0) is 12.4. The molecule has 1 saturated carbocycles. The van der Waals surface area contributed by atoms with Gasteiger partial charge in [0.2, 0.25) is 0 Å². The van der Waals surface area contributed by atoms with Crippen LogP contribution in [0.4, 0.5) is 5.69 Å². The van der Waals surface area contributed by atoms with Crippen molar-refractivity contribution in [3.8, 4) is 5.69 Å². The second-order valence-corrected chi connectivity index (χ2v) is 4.72. The van der Waals surface area contributed by atoms with Crippen molar-refractivity contribution in [1.29, 1.82) is 0 Å². The molecule has 6 nitrogen and oxygen atoms in total. The fourth-order valence-electron chi connectivity index (χ4n) is 2.57. The van der Waals surface area contributed by atoms with Gasteiger partial charge in [-0.1, -0.05) is 19.3 Å². The van der Waals surface area contributed by atoms with E-state index in [0.29, 0.717) is 11.6 Å². The van der Waals surface area contributed by atoms with Crippen LogP contribution in [0.25, 0.3) is 5.69 Å². The molecule has 2 N–H and O–H groups in total. The molecule has 0 aliphatic heterocycles. The summed E-state index contributed by atoms with van der Waals surface area (Å²) in [6, 6.07) is 1.85. The topological polar surface area (TPSA) is 82.5 Å². The molecule has 0 spiro atoms. The molecule has 2 aromatic heterocycles. The predicted molar refractivity (Wildman–Crippen MR) is 67.2 cm³/mol. The lowest BCUT2D eigenvalue weighted by Crippen LogP contribution is -2.13. The number of nitrogens with zero attached hydrogens (tertiary/aromatic N) is 5. The number of aromatic nitrogens is 5. The Hall–Kier alpha value is -1.98. The second kappa shape index (κ2) is 4.72. The Bertz CT molecular complexity index is 529. The van der Waals surface area contributed by atoms with Crippen LogP contribution in [-0.2, 0) is 0 Å². The third kappa shape index (κ3) is 1.94. The largest absolute Gasteiger partial charge is 0.396 e. The quantitative estimate of drug-likeness (QED) is 0.869. The van der Waals surface area contributed by atoms with Gasteiger partial charge >= 0.3 is 0 Å². The molecule has 1 aliphatic carbocycles. The summed E-state index contributed by atoms with van der Waals surface area (Å²) in [5.41, 5.74) is 7.35. The summed E-state index contributed by atoms with van der Waals surface area (Å²) in [4.78, 5) is 3.99. The smallest absolute Gasteiger partial charge is 0.159 e. The maximum atomic E-state index is 5.93. The van der Waals surface area contributed by atoms with E-state index in [9.17, 15) is 0 Å². The van der Waals surface area contributed by atoms with Crippen LogP contribution < -0.4 is 5.73 Å². The number of nitrogen functional groups attached to an aromatic ring is 1. The van der Waals surface area contributed by atoms with Crippen molar-refractivity contribution in [2.24, 2.45) is 0 Å². The minimum Gasteiger partial charge on any atom is -0.396 e. The lowest BCUT2D eigenvalue weighted by atomic mass is 9.88. The van der Waals surface area contributed by atoms with Crippen LogP contribution in [0.3, 0.4) is 0 Å². The Morgan fingerprint density at radius 3 is 2.83 bits per heavy atom. The molecule has 18 heavy (non-hydrogen) atoms. The molecule has 2 heterocycles. The molecule has 3 rings (SSSR count). The molecule has 1 fully saturated rings. The Labute approximate surface area is 105 Å². The van der Waals surface area contributed by atoms with E-state index in [4.69, 9.17) is 5.73 Å². The van der Waals surface area contributed by atoms with Gasteiger partial charge in [0, 0.05) is 12.1 Å². The Balaban J connectivity index is 1.98. The summed E-state index contributed by atoms with van der Waals surface area (Å²) < 4.78 is 1.76. The van der Waals surface area contributed by atoms with E-state index < -0.39 is 0 Å². The number of tetrazole rings is 1. The fourth-order valence-corrected chi connectivity index (χ4v) is 2.57. The molecule has 1 aliphatic rings. The van der Waals surface area contributed by atoms with Crippen molar-refractivity contribution in [2.45, 2.75) is 38.0 Å². The van der Waals surface area contributed by atoms with Crippen LogP contribution in [-0.4, -0.2) is 25.2 Å². The van der Waals surface area contributed by atoms with Crippen molar-refractivity contribution in [3.05, 3.63) is 24.3 Å². The van der Waals surface area contributed by atoms with Gasteiger partial charge in [0.25, 0.3) is 0 Å². The lowest BCUT2D eigenvalue weighted by molar-refractivity contribution is 0.422. The van der Waals surface area contributed by atoms with E-state index >= 15 is 0 Å². The number of nitrogens with two attached hydrogens (primary N) is 1. The van der Waals surface area contributed by atoms with Crippen LogP contribution in [0, 0.1) is 0 Å². The summed E-state index contributed by atoms with van der Waals surface area (Å²) >= 11 is 0. The fraction of sp³-hybridized carbons (Fsp3) is 0.500. The lowest BCUT2D eigenvalue weighted by Gasteiger charge is -2.20. The Kier molecular flexibility index (Phi) is 2.92. The van der Waals surface area contributed by atoms with Gasteiger partial charge in [0.15, 0.2) is 5.82 Å². The molecule has 6 heteroatoms. The van der Waals surface area contributed by atoms with Crippen molar-refractivity contribution >= 4 is 5.69 Å². The normalized spacial score (nSPS) is 16.9. The van der Waals surface area contributed by atoms with Gasteiger partial charge in [0.05, 0.1) is 17.6 Å². The van der Waals surface area contributed by atoms with Crippen molar-refractivity contribution in [2.75, 3.05) is 5.73 Å². The number of hydrogen-bond acceptors (Lipinski definition) is 5. The van der Waals surface area contributed by atoms with E-state index in [1.54, 1.807) is 17.1 Å². The summed E-state index contributed by atoms with van der Waals surface area (Å²) in [6.45, 7) is 0. The van der Waals surface area contributed by atoms with Gasteiger partial charge < -0.3 is 5.73 Å². The third-order valence-electron chi connectivity index (χ3n) is 3.52. The van der Waals surface area contributed by atoms with E-state index in [1.165, 1.54) is 19.3 Å². The van der Waals surface area contributed by atoms with Gasteiger partial charge in [-0.15, -0.1) is 5.10 Å². The van der Waals surface area contributed by atoms with Gasteiger partial charge in [-0.25, -0.2) is 0 Å². The Morgan fingerprint density at radius 1 is 1.22 bits per heavy atom. The van der Waals surface area contributed by atoms with Crippen LogP contribution in [0.1, 0.15) is 43.8 Å². The van der Waals surface area contributed by atoms with Crippen LogP contribution >= 0.6 is 0 Å². The minimum absolute atomic E-state index is 0.446. The first-order valence-corrected chi connectivity index (χ1v) is 6.34. The van der Waals surface area contributed by atoms with E-state index in [1.807, 2.05) is 6.07 Å². The molecule has 0 amide bonds. The zero-order valence-corrected chi connectivity index (χ0v) is 10.2. The average Bonchev–Trinajstić information content (AvgIpc) is 2.89. The maximum absolute atomic E-state index is 5.93. The number of hydrogen-bond donors (Lipinski definition) is 1. The summed E-state index contributed by atoms with van der Waals surface area (Å²) in [6.07, 6.45) is 9.47. The van der Waals surface area contributed by atoms with Crippen molar-refractivity contribution in [1.82, 2.24) is 25.2 Å². The molecular weight excluding hydrogens is 228 g/mol. The molecule has 94 valence electrons. The second-order valence-electron chi connectivity index (χ2n) is 4.72. The number of anilines is 1. The average molecular weight is 244 g/mol. The minimum atomic E-state index is 0.446. The first-order valence-electron chi connectivity index (χ1n) is 6.34. The molecule has 0 radical (unpaired) electrons. The maximum Gasteiger partial charge on any atom is 0.159 e. The van der Waals surface area contributed by atoms with Crippen molar-refractivity contribution in [3.63, 3.8) is 0 Å². The third-order valence-corrected chi connectivity index (χ3v) is 3.52. The highest BCUT2D eigenvalue weighted by molar-refractivity contribution is 5.55. The highest BCUT2D eigenvalue weighted by atomic mass is 15.5. The van der Waals surface area contributed by atoms with Gasteiger partial charge in [0.1, 0.15) is 0 Å². The SMILES string of the molecule is Nc1cnccc1-n1nnnc1C1CCCCC1. The van der Waals surface area contributed by atoms with E-state index in [2.05, 4.69) is 20.5 Å². The number of pyridine rings is 1. The van der Waals surface area contributed by atoms with Gasteiger partial charge in [-0.2, -0.15) is 4.68 Å². The predicted octanol–water partition coefficient (Wildman–Crippen LogP) is 1.69. The monoisotopic (exact) mass is 244 g/mol. The summed E-state index contributed by atoms with van der Waals surface area (Å²) in [5, 5.41) is 12.1. The van der Waals surface area contributed by atoms with Crippen LogP contribution in [0.2, 0.25) is 0 Å². The van der Waals surface area contributed by atoms with E-state index in [-0.39, 0.29) is 0 Å². The zero-order valence-electron chi connectivity index (χ0n) is 10.2. The van der Waals surface area contributed by atoms with Crippen molar-refractivity contribution < 1.29 is 0 Å².